The van der Waals surface area contributed by atoms with E-state index >= 15 is 0 Å². The zero-order valence-electron chi connectivity index (χ0n) is 11.0. The van der Waals surface area contributed by atoms with Crippen molar-refractivity contribution in [3.8, 4) is 5.75 Å². The normalized spacial score (nSPS) is 17.3. The number of nitrogens with zero attached hydrogens (tertiary/aromatic N) is 3. The Labute approximate surface area is 119 Å². The Morgan fingerprint density at radius 1 is 1.29 bits per heavy atom. The lowest BCUT2D eigenvalue weighted by molar-refractivity contribution is 0.273. The van der Waals surface area contributed by atoms with Crippen LogP contribution in [0.15, 0.2) is 30.9 Å². The summed E-state index contributed by atoms with van der Waals surface area (Å²) in [5.74, 6) is 1.08. The van der Waals surface area contributed by atoms with Crippen LogP contribution in [-0.2, 0) is 0 Å². The van der Waals surface area contributed by atoms with E-state index in [0.29, 0.717) is 23.8 Å². The molecule has 3 aromatic rings. The third-order valence-electron chi connectivity index (χ3n) is 3.55. The predicted octanol–water partition coefficient (Wildman–Crippen LogP) is 2.43. The summed E-state index contributed by atoms with van der Waals surface area (Å²) in [6, 6.07) is 4.49. The molecule has 21 heavy (non-hydrogen) atoms. The van der Waals surface area contributed by atoms with Crippen molar-refractivity contribution in [2.24, 2.45) is 0 Å². The SMILES string of the molecule is Fc1ccc2c(c1)C(Nc1ncnc3nc[nH]c13)CCO2. The molecule has 1 unspecified atom stereocenters. The molecule has 1 aliphatic heterocycles. The van der Waals surface area contributed by atoms with E-state index in [9.17, 15) is 4.39 Å². The van der Waals surface area contributed by atoms with Crippen molar-refractivity contribution in [2.45, 2.75) is 12.5 Å². The number of aromatic nitrogens is 4. The van der Waals surface area contributed by atoms with Gasteiger partial charge in [-0.05, 0) is 18.2 Å². The van der Waals surface area contributed by atoms with Gasteiger partial charge in [0.25, 0.3) is 0 Å². The molecule has 0 saturated heterocycles. The number of benzene rings is 1. The maximum Gasteiger partial charge on any atom is 0.182 e. The number of aromatic amines is 1. The molecular weight excluding hydrogens is 273 g/mol. The Morgan fingerprint density at radius 2 is 2.24 bits per heavy atom. The molecule has 0 aliphatic carbocycles. The first kappa shape index (κ1) is 12.1. The number of rotatable bonds is 2. The number of anilines is 1. The molecular formula is C14H12FN5O. The van der Waals surface area contributed by atoms with Crippen LogP contribution in [0.3, 0.4) is 0 Å². The quantitative estimate of drug-likeness (QED) is 0.756. The highest BCUT2D eigenvalue weighted by Gasteiger charge is 2.23. The molecule has 7 heteroatoms. The van der Waals surface area contributed by atoms with Crippen molar-refractivity contribution in [2.75, 3.05) is 11.9 Å². The van der Waals surface area contributed by atoms with Gasteiger partial charge in [0.05, 0.1) is 19.0 Å². The topological polar surface area (TPSA) is 75.7 Å². The molecule has 6 nitrogen and oxygen atoms in total. The number of halogens is 1. The van der Waals surface area contributed by atoms with E-state index in [1.807, 2.05) is 0 Å². The molecule has 4 rings (SSSR count). The monoisotopic (exact) mass is 285 g/mol. The van der Waals surface area contributed by atoms with Gasteiger partial charge in [-0.25, -0.2) is 19.3 Å². The Hall–Kier alpha value is -2.70. The zero-order valence-corrected chi connectivity index (χ0v) is 11.0. The van der Waals surface area contributed by atoms with Crippen LogP contribution in [0.4, 0.5) is 10.2 Å². The van der Waals surface area contributed by atoms with E-state index in [-0.39, 0.29) is 11.9 Å². The standard InChI is InChI=1S/C14H12FN5O/c15-8-1-2-11-9(5-8)10(3-4-21-11)20-14-12-13(17-6-16-12)18-7-19-14/h1-2,5-7,10H,3-4H2,(H2,16,17,18,19,20). The van der Waals surface area contributed by atoms with Gasteiger partial charge in [0.15, 0.2) is 11.5 Å². The molecule has 106 valence electrons. The van der Waals surface area contributed by atoms with Gasteiger partial charge < -0.3 is 15.0 Å². The van der Waals surface area contributed by atoms with Crippen LogP contribution in [0.2, 0.25) is 0 Å². The highest BCUT2D eigenvalue weighted by atomic mass is 19.1. The fourth-order valence-corrected chi connectivity index (χ4v) is 2.55. The van der Waals surface area contributed by atoms with Crippen LogP contribution >= 0.6 is 0 Å². The minimum Gasteiger partial charge on any atom is -0.493 e. The molecule has 2 aromatic heterocycles. The summed E-state index contributed by atoms with van der Waals surface area (Å²) < 4.78 is 19.0. The smallest absolute Gasteiger partial charge is 0.182 e. The van der Waals surface area contributed by atoms with Crippen LogP contribution in [0, 0.1) is 5.82 Å². The maximum atomic E-state index is 13.5. The average molecular weight is 285 g/mol. The van der Waals surface area contributed by atoms with Crippen molar-refractivity contribution in [1.29, 1.82) is 0 Å². The Balaban J connectivity index is 1.73. The predicted molar refractivity (Wildman–Crippen MR) is 74.6 cm³/mol. The zero-order chi connectivity index (χ0) is 14.2. The number of ether oxygens (including phenoxy) is 1. The van der Waals surface area contributed by atoms with E-state index in [2.05, 4.69) is 25.3 Å². The van der Waals surface area contributed by atoms with Crippen molar-refractivity contribution < 1.29 is 9.13 Å². The van der Waals surface area contributed by atoms with Gasteiger partial charge in [0.1, 0.15) is 23.4 Å². The molecule has 3 heterocycles. The third kappa shape index (κ3) is 2.06. The lowest BCUT2D eigenvalue weighted by Gasteiger charge is -2.27. The second-order valence-electron chi connectivity index (χ2n) is 4.84. The first-order chi connectivity index (χ1) is 10.3. The summed E-state index contributed by atoms with van der Waals surface area (Å²) in [6.45, 7) is 0.577. The van der Waals surface area contributed by atoms with Crippen molar-refractivity contribution in [1.82, 2.24) is 19.9 Å². The van der Waals surface area contributed by atoms with Gasteiger partial charge in [-0.2, -0.15) is 0 Å². The molecule has 0 bridgehead atoms. The molecule has 0 saturated carbocycles. The summed E-state index contributed by atoms with van der Waals surface area (Å²) in [4.78, 5) is 15.4. The summed E-state index contributed by atoms with van der Waals surface area (Å²) in [7, 11) is 0. The van der Waals surface area contributed by atoms with Crippen LogP contribution < -0.4 is 10.1 Å². The third-order valence-corrected chi connectivity index (χ3v) is 3.55. The Bertz CT molecular complexity index is 803. The summed E-state index contributed by atoms with van der Waals surface area (Å²) >= 11 is 0. The number of nitrogens with one attached hydrogen (secondary N) is 2. The van der Waals surface area contributed by atoms with Crippen LogP contribution in [0.5, 0.6) is 5.75 Å². The molecule has 1 atom stereocenters. The van der Waals surface area contributed by atoms with Gasteiger partial charge in [0, 0.05) is 12.0 Å². The Kier molecular flexibility index (Phi) is 2.70. The van der Waals surface area contributed by atoms with Crippen LogP contribution in [-0.4, -0.2) is 26.5 Å². The summed E-state index contributed by atoms with van der Waals surface area (Å²) in [5, 5.41) is 3.32. The van der Waals surface area contributed by atoms with Gasteiger partial charge in [-0.3, -0.25) is 0 Å². The van der Waals surface area contributed by atoms with E-state index in [0.717, 1.165) is 17.5 Å². The molecule has 1 aromatic carbocycles. The van der Waals surface area contributed by atoms with Crippen molar-refractivity contribution >= 4 is 17.0 Å². The summed E-state index contributed by atoms with van der Waals surface area (Å²) in [6.07, 6.45) is 3.76. The second-order valence-corrected chi connectivity index (χ2v) is 4.84. The maximum absolute atomic E-state index is 13.5. The van der Waals surface area contributed by atoms with E-state index in [4.69, 9.17) is 4.74 Å². The largest absolute Gasteiger partial charge is 0.493 e. The molecule has 0 amide bonds. The van der Waals surface area contributed by atoms with Crippen LogP contribution in [0.25, 0.3) is 11.2 Å². The molecule has 1 aliphatic rings. The number of fused-ring (bicyclic) bond motifs is 2. The van der Waals surface area contributed by atoms with Crippen LogP contribution in [0.1, 0.15) is 18.0 Å². The van der Waals surface area contributed by atoms with E-state index in [1.165, 1.54) is 18.5 Å². The Morgan fingerprint density at radius 3 is 3.19 bits per heavy atom. The van der Waals surface area contributed by atoms with E-state index in [1.54, 1.807) is 12.4 Å². The molecule has 2 N–H and O–H groups in total. The number of imidazole rings is 1. The average Bonchev–Trinajstić information content (AvgIpc) is 2.97. The lowest BCUT2D eigenvalue weighted by atomic mass is 10.0. The fourth-order valence-electron chi connectivity index (χ4n) is 2.55. The minimum absolute atomic E-state index is 0.0640. The molecule has 0 spiro atoms. The minimum atomic E-state index is -0.277. The summed E-state index contributed by atoms with van der Waals surface area (Å²) in [5.41, 5.74) is 2.13. The highest BCUT2D eigenvalue weighted by molar-refractivity contribution is 5.82. The van der Waals surface area contributed by atoms with Crippen molar-refractivity contribution in [3.63, 3.8) is 0 Å². The molecule has 0 fully saturated rings. The van der Waals surface area contributed by atoms with E-state index < -0.39 is 0 Å². The first-order valence-electron chi connectivity index (χ1n) is 6.64. The second kappa shape index (κ2) is 4.69. The lowest BCUT2D eigenvalue weighted by Crippen LogP contribution is -2.21. The van der Waals surface area contributed by atoms with Gasteiger partial charge in [-0.15, -0.1) is 0 Å². The number of hydrogen-bond acceptors (Lipinski definition) is 5. The van der Waals surface area contributed by atoms with Gasteiger partial charge in [0.2, 0.25) is 0 Å². The number of H-pyrrole nitrogens is 1. The highest BCUT2D eigenvalue weighted by Crippen LogP contribution is 2.35. The molecule has 0 radical (unpaired) electrons. The fraction of sp³-hybridized carbons (Fsp3) is 0.214. The van der Waals surface area contributed by atoms with Crippen molar-refractivity contribution in [3.05, 3.63) is 42.2 Å². The van der Waals surface area contributed by atoms with Gasteiger partial charge >= 0.3 is 0 Å². The number of hydrogen-bond donors (Lipinski definition) is 2. The first-order valence-corrected chi connectivity index (χ1v) is 6.64. The van der Waals surface area contributed by atoms with Gasteiger partial charge in [-0.1, -0.05) is 0 Å².